The Morgan fingerprint density at radius 3 is 3.06 bits per heavy atom. The second-order valence-corrected chi connectivity index (χ2v) is 6.04. The SMILES string of the molecule is O=C(O)C1CCCn2c1cnc2C1CCCS1. The molecule has 3 heterocycles. The van der Waals surface area contributed by atoms with Crippen molar-refractivity contribution in [1.29, 1.82) is 0 Å². The Bertz CT molecular complexity index is 438. The Hall–Kier alpha value is -0.970. The number of rotatable bonds is 2. The van der Waals surface area contributed by atoms with E-state index in [0.717, 1.165) is 30.9 Å². The highest BCUT2D eigenvalue weighted by Crippen LogP contribution is 2.41. The third-order valence-electron chi connectivity index (χ3n) is 3.66. The zero-order valence-corrected chi connectivity index (χ0v) is 10.4. The molecule has 1 aromatic heterocycles. The number of aromatic nitrogens is 2. The molecule has 2 unspecified atom stereocenters. The van der Waals surface area contributed by atoms with Crippen molar-refractivity contribution in [2.75, 3.05) is 5.75 Å². The first kappa shape index (κ1) is 11.1. The van der Waals surface area contributed by atoms with Crippen LogP contribution < -0.4 is 0 Å². The molecule has 0 amide bonds. The van der Waals surface area contributed by atoms with Crippen LogP contribution in [0.4, 0.5) is 0 Å². The minimum absolute atomic E-state index is 0.351. The minimum Gasteiger partial charge on any atom is -0.481 e. The van der Waals surface area contributed by atoms with Crippen molar-refractivity contribution in [2.24, 2.45) is 0 Å². The van der Waals surface area contributed by atoms with Gasteiger partial charge in [0, 0.05) is 12.7 Å². The molecule has 17 heavy (non-hydrogen) atoms. The maximum absolute atomic E-state index is 11.2. The van der Waals surface area contributed by atoms with Gasteiger partial charge >= 0.3 is 5.97 Å². The Kier molecular flexibility index (Phi) is 2.86. The summed E-state index contributed by atoms with van der Waals surface area (Å²) in [5.74, 6) is 1.25. The van der Waals surface area contributed by atoms with Gasteiger partial charge in [0.2, 0.25) is 0 Å². The van der Waals surface area contributed by atoms with E-state index in [1.165, 1.54) is 18.6 Å². The van der Waals surface area contributed by atoms with Gasteiger partial charge in [0.05, 0.1) is 16.9 Å². The first-order chi connectivity index (χ1) is 8.27. The quantitative estimate of drug-likeness (QED) is 0.878. The molecule has 1 N–H and O–H groups in total. The van der Waals surface area contributed by atoms with Gasteiger partial charge in [0.1, 0.15) is 5.82 Å². The van der Waals surface area contributed by atoms with Crippen molar-refractivity contribution in [2.45, 2.75) is 43.4 Å². The fraction of sp³-hybridized carbons (Fsp3) is 0.667. The predicted molar refractivity (Wildman–Crippen MR) is 66.3 cm³/mol. The van der Waals surface area contributed by atoms with Crippen molar-refractivity contribution in [3.8, 4) is 0 Å². The van der Waals surface area contributed by atoms with Crippen molar-refractivity contribution in [1.82, 2.24) is 9.55 Å². The molecule has 0 bridgehead atoms. The average molecular weight is 252 g/mol. The second kappa shape index (κ2) is 4.37. The Labute approximate surface area is 104 Å². The van der Waals surface area contributed by atoms with Crippen LogP contribution in [0, 0.1) is 0 Å². The van der Waals surface area contributed by atoms with E-state index >= 15 is 0 Å². The number of imidazole rings is 1. The summed E-state index contributed by atoms with van der Waals surface area (Å²) in [6.45, 7) is 0.936. The van der Waals surface area contributed by atoms with Crippen LogP contribution in [0.2, 0.25) is 0 Å². The zero-order chi connectivity index (χ0) is 11.8. The highest BCUT2D eigenvalue weighted by atomic mass is 32.2. The summed E-state index contributed by atoms with van der Waals surface area (Å²) in [5.41, 5.74) is 0.909. The molecule has 2 aliphatic heterocycles. The van der Waals surface area contributed by atoms with Crippen LogP contribution in [0.1, 0.15) is 48.4 Å². The van der Waals surface area contributed by atoms with E-state index in [4.69, 9.17) is 0 Å². The van der Waals surface area contributed by atoms with Gasteiger partial charge in [-0.05, 0) is 31.4 Å². The van der Waals surface area contributed by atoms with Crippen LogP contribution in [-0.4, -0.2) is 26.4 Å². The molecule has 2 aliphatic rings. The molecule has 0 aliphatic carbocycles. The fourth-order valence-corrected chi connectivity index (χ4v) is 4.10. The molecule has 0 spiro atoms. The van der Waals surface area contributed by atoms with Crippen LogP contribution in [0.5, 0.6) is 0 Å². The van der Waals surface area contributed by atoms with E-state index in [1.54, 1.807) is 6.20 Å². The molecule has 1 fully saturated rings. The summed E-state index contributed by atoms with van der Waals surface area (Å²) in [6, 6.07) is 0. The van der Waals surface area contributed by atoms with Crippen molar-refractivity contribution >= 4 is 17.7 Å². The van der Waals surface area contributed by atoms with Gasteiger partial charge < -0.3 is 9.67 Å². The van der Waals surface area contributed by atoms with Gasteiger partial charge in [-0.15, -0.1) is 0 Å². The molecule has 1 aromatic rings. The minimum atomic E-state index is -0.712. The molecule has 4 nitrogen and oxygen atoms in total. The number of carboxylic acids is 1. The maximum atomic E-state index is 11.2. The standard InChI is InChI=1S/C12H16N2O2S/c15-12(16)8-3-1-5-14-9(8)7-13-11(14)10-4-2-6-17-10/h7-8,10H,1-6H2,(H,15,16). The van der Waals surface area contributed by atoms with Crippen LogP contribution in [0.3, 0.4) is 0 Å². The summed E-state index contributed by atoms with van der Waals surface area (Å²) in [7, 11) is 0. The molecule has 2 atom stereocenters. The molecular formula is C12H16N2O2S. The fourth-order valence-electron chi connectivity index (χ4n) is 2.82. The summed E-state index contributed by atoms with van der Waals surface area (Å²) in [6.07, 6.45) is 5.91. The summed E-state index contributed by atoms with van der Waals surface area (Å²) >= 11 is 1.95. The molecule has 0 radical (unpaired) electrons. The van der Waals surface area contributed by atoms with E-state index in [-0.39, 0.29) is 5.92 Å². The van der Waals surface area contributed by atoms with E-state index in [2.05, 4.69) is 9.55 Å². The van der Waals surface area contributed by atoms with Crippen molar-refractivity contribution in [3.63, 3.8) is 0 Å². The highest BCUT2D eigenvalue weighted by molar-refractivity contribution is 7.99. The largest absolute Gasteiger partial charge is 0.481 e. The lowest BCUT2D eigenvalue weighted by Gasteiger charge is -2.23. The summed E-state index contributed by atoms with van der Waals surface area (Å²) < 4.78 is 2.16. The van der Waals surface area contributed by atoms with Gasteiger partial charge in [0.15, 0.2) is 0 Å². The predicted octanol–water partition coefficient (Wildman–Crippen LogP) is 2.41. The summed E-state index contributed by atoms with van der Waals surface area (Å²) in [5, 5.41) is 9.70. The molecular weight excluding hydrogens is 236 g/mol. The van der Waals surface area contributed by atoms with Gasteiger partial charge in [-0.1, -0.05) is 0 Å². The number of fused-ring (bicyclic) bond motifs is 1. The lowest BCUT2D eigenvalue weighted by atomic mass is 9.96. The summed E-state index contributed by atoms with van der Waals surface area (Å²) in [4.78, 5) is 15.7. The number of hydrogen-bond donors (Lipinski definition) is 1. The lowest BCUT2D eigenvalue weighted by Crippen LogP contribution is -2.22. The molecule has 92 valence electrons. The van der Waals surface area contributed by atoms with Gasteiger partial charge in [-0.25, -0.2) is 4.98 Å². The Morgan fingerprint density at radius 2 is 2.35 bits per heavy atom. The molecule has 1 saturated heterocycles. The molecule has 5 heteroatoms. The maximum Gasteiger partial charge on any atom is 0.312 e. The monoisotopic (exact) mass is 252 g/mol. The first-order valence-corrected chi connectivity index (χ1v) is 7.22. The van der Waals surface area contributed by atoms with E-state index < -0.39 is 5.97 Å². The van der Waals surface area contributed by atoms with Crippen molar-refractivity contribution < 1.29 is 9.90 Å². The number of hydrogen-bond acceptors (Lipinski definition) is 3. The third kappa shape index (κ3) is 1.86. The lowest BCUT2D eigenvalue weighted by molar-refractivity contribution is -0.139. The smallest absolute Gasteiger partial charge is 0.312 e. The first-order valence-electron chi connectivity index (χ1n) is 6.17. The Morgan fingerprint density at radius 1 is 1.47 bits per heavy atom. The van der Waals surface area contributed by atoms with Crippen LogP contribution in [0.15, 0.2) is 6.20 Å². The van der Waals surface area contributed by atoms with Gasteiger partial charge in [-0.2, -0.15) is 11.8 Å². The molecule has 3 rings (SSSR count). The Balaban J connectivity index is 1.95. The topological polar surface area (TPSA) is 55.1 Å². The highest BCUT2D eigenvalue weighted by Gasteiger charge is 2.31. The van der Waals surface area contributed by atoms with E-state index in [0.29, 0.717) is 5.25 Å². The third-order valence-corrected chi connectivity index (χ3v) is 5.04. The van der Waals surface area contributed by atoms with Crippen LogP contribution >= 0.6 is 11.8 Å². The van der Waals surface area contributed by atoms with Gasteiger partial charge in [0.25, 0.3) is 0 Å². The number of carboxylic acid groups (broad SMARTS) is 1. The van der Waals surface area contributed by atoms with Crippen LogP contribution in [-0.2, 0) is 11.3 Å². The molecule has 0 saturated carbocycles. The number of thioether (sulfide) groups is 1. The normalized spacial score (nSPS) is 28.0. The van der Waals surface area contributed by atoms with E-state index in [9.17, 15) is 9.90 Å². The number of carbonyl (C=O) groups is 1. The van der Waals surface area contributed by atoms with Crippen molar-refractivity contribution in [3.05, 3.63) is 17.7 Å². The zero-order valence-electron chi connectivity index (χ0n) is 9.63. The van der Waals surface area contributed by atoms with Crippen LogP contribution in [0.25, 0.3) is 0 Å². The number of nitrogens with zero attached hydrogens (tertiary/aromatic N) is 2. The second-order valence-electron chi connectivity index (χ2n) is 4.73. The number of aliphatic carboxylic acids is 1. The average Bonchev–Trinajstić information content (AvgIpc) is 2.96. The van der Waals surface area contributed by atoms with Gasteiger partial charge in [-0.3, -0.25) is 4.79 Å². The molecule has 0 aromatic carbocycles. The van der Waals surface area contributed by atoms with E-state index in [1.807, 2.05) is 11.8 Å².